The van der Waals surface area contributed by atoms with Gasteiger partial charge in [-0.3, -0.25) is 14.8 Å². The van der Waals surface area contributed by atoms with Crippen LogP contribution in [0.2, 0.25) is 0 Å². The van der Waals surface area contributed by atoms with E-state index in [9.17, 15) is 4.79 Å². The zero-order valence-electron chi connectivity index (χ0n) is 9.31. The van der Waals surface area contributed by atoms with Crippen LogP contribution in [0.25, 0.3) is 0 Å². The van der Waals surface area contributed by atoms with Gasteiger partial charge < -0.3 is 0 Å². The fourth-order valence-electron chi connectivity index (χ4n) is 1.23. The standard InChI is InChI=1S/C10H12N4OS/c1-6-7(2)16-10(12-6)13-9(15)8-4-11-14(3)5-8/h4-5H,1-3H3,(H,12,13,15). The number of thiazole rings is 1. The van der Waals surface area contributed by atoms with Crippen molar-refractivity contribution < 1.29 is 4.79 Å². The predicted octanol–water partition coefficient (Wildman–Crippen LogP) is 1.75. The maximum Gasteiger partial charge on any atom is 0.260 e. The number of rotatable bonds is 2. The van der Waals surface area contributed by atoms with Gasteiger partial charge in [0.1, 0.15) is 0 Å². The molecule has 0 aromatic carbocycles. The summed E-state index contributed by atoms with van der Waals surface area (Å²) in [6.45, 7) is 3.90. The molecule has 0 bridgehead atoms. The number of hydrogen-bond donors (Lipinski definition) is 1. The normalized spacial score (nSPS) is 10.4. The minimum absolute atomic E-state index is 0.179. The SMILES string of the molecule is Cc1nc(NC(=O)c2cnn(C)c2)sc1C. The van der Waals surface area contributed by atoms with Crippen molar-refractivity contribution in [2.45, 2.75) is 13.8 Å². The van der Waals surface area contributed by atoms with E-state index in [-0.39, 0.29) is 5.91 Å². The third-order valence-electron chi connectivity index (χ3n) is 2.22. The third kappa shape index (κ3) is 2.11. The lowest BCUT2D eigenvalue weighted by molar-refractivity contribution is 0.102. The highest BCUT2D eigenvalue weighted by atomic mass is 32.1. The first kappa shape index (κ1) is 10.8. The Kier molecular flexibility index (Phi) is 2.74. The Balaban J connectivity index is 2.13. The molecule has 1 amide bonds. The van der Waals surface area contributed by atoms with Crippen LogP contribution in [0.1, 0.15) is 20.9 Å². The summed E-state index contributed by atoms with van der Waals surface area (Å²) in [6, 6.07) is 0. The fourth-order valence-corrected chi connectivity index (χ4v) is 2.04. The van der Waals surface area contributed by atoms with Crippen LogP contribution in [-0.2, 0) is 7.05 Å². The Bertz CT molecular complexity index is 509. The van der Waals surface area contributed by atoms with Gasteiger partial charge in [0, 0.05) is 18.1 Å². The summed E-state index contributed by atoms with van der Waals surface area (Å²) in [5, 5.41) is 7.32. The molecule has 0 spiro atoms. The van der Waals surface area contributed by atoms with E-state index >= 15 is 0 Å². The summed E-state index contributed by atoms with van der Waals surface area (Å²) < 4.78 is 1.59. The zero-order valence-corrected chi connectivity index (χ0v) is 10.1. The molecular weight excluding hydrogens is 224 g/mol. The average Bonchev–Trinajstić information content (AvgIpc) is 2.75. The van der Waals surface area contributed by atoms with Gasteiger partial charge in [-0.1, -0.05) is 0 Å². The van der Waals surface area contributed by atoms with Crippen molar-refractivity contribution >= 4 is 22.4 Å². The van der Waals surface area contributed by atoms with Gasteiger partial charge in [-0.25, -0.2) is 4.98 Å². The first-order valence-electron chi connectivity index (χ1n) is 4.80. The minimum Gasteiger partial charge on any atom is -0.298 e. The van der Waals surface area contributed by atoms with Gasteiger partial charge in [-0.15, -0.1) is 11.3 Å². The largest absolute Gasteiger partial charge is 0.298 e. The summed E-state index contributed by atoms with van der Waals surface area (Å²) in [5.74, 6) is -0.179. The molecule has 1 N–H and O–H groups in total. The van der Waals surface area contributed by atoms with Crippen LogP contribution in [0.3, 0.4) is 0 Å². The van der Waals surface area contributed by atoms with E-state index in [2.05, 4.69) is 15.4 Å². The molecule has 0 unspecified atom stereocenters. The number of aromatic nitrogens is 3. The summed E-state index contributed by atoms with van der Waals surface area (Å²) in [7, 11) is 1.77. The molecule has 5 nitrogen and oxygen atoms in total. The zero-order chi connectivity index (χ0) is 11.7. The van der Waals surface area contributed by atoms with Crippen molar-refractivity contribution in [3.63, 3.8) is 0 Å². The molecule has 0 aliphatic carbocycles. The third-order valence-corrected chi connectivity index (χ3v) is 3.20. The average molecular weight is 236 g/mol. The van der Waals surface area contributed by atoms with E-state index < -0.39 is 0 Å². The van der Waals surface area contributed by atoms with Crippen molar-refractivity contribution in [1.29, 1.82) is 0 Å². The van der Waals surface area contributed by atoms with Crippen LogP contribution < -0.4 is 5.32 Å². The van der Waals surface area contributed by atoms with E-state index in [1.807, 2.05) is 13.8 Å². The molecular formula is C10H12N4OS. The van der Waals surface area contributed by atoms with Crippen molar-refractivity contribution in [2.75, 3.05) is 5.32 Å². The molecule has 0 atom stereocenters. The molecule has 16 heavy (non-hydrogen) atoms. The number of carbonyl (C=O) groups excluding carboxylic acids is 1. The first-order chi connectivity index (χ1) is 7.56. The summed E-state index contributed by atoms with van der Waals surface area (Å²) >= 11 is 1.47. The van der Waals surface area contributed by atoms with Gasteiger partial charge in [0.2, 0.25) is 0 Å². The number of carbonyl (C=O) groups is 1. The van der Waals surface area contributed by atoms with E-state index in [4.69, 9.17) is 0 Å². The second-order valence-electron chi connectivity index (χ2n) is 3.52. The molecule has 6 heteroatoms. The number of hydrogen-bond acceptors (Lipinski definition) is 4. The van der Waals surface area contributed by atoms with Gasteiger partial charge in [-0.05, 0) is 13.8 Å². The summed E-state index contributed by atoms with van der Waals surface area (Å²) in [4.78, 5) is 17.1. The first-order valence-corrected chi connectivity index (χ1v) is 5.62. The lowest BCUT2D eigenvalue weighted by Gasteiger charge is -1.96. The molecule has 0 saturated carbocycles. The second-order valence-corrected chi connectivity index (χ2v) is 4.72. The molecule has 2 rings (SSSR count). The molecule has 0 aliphatic rings. The molecule has 2 aromatic rings. The Hall–Kier alpha value is -1.69. The Labute approximate surface area is 97.1 Å². The van der Waals surface area contributed by atoms with Gasteiger partial charge in [-0.2, -0.15) is 5.10 Å². The van der Waals surface area contributed by atoms with Crippen LogP contribution in [0, 0.1) is 13.8 Å². The molecule has 0 saturated heterocycles. The van der Waals surface area contributed by atoms with Crippen LogP contribution in [0.15, 0.2) is 12.4 Å². The Morgan fingerprint density at radius 3 is 2.75 bits per heavy atom. The summed E-state index contributed by atoms with van der Waals surface area (Å²) in [5.41, 5.74) is 1.49. The lowest BCUT2D eigenvalue weighted by atomic mass is 10.3. The minimum atomic E-state index is -0.179. The van der Waals surface area contributed by atoms with E-state index in [1.165, 1.54) is 17.5 Å². The maximum absolute atomic E-state index is 11.8. The monoisotopic (exact) mass is 236 g/mol. The van der Waals surface area contributed by atoms with Crippen molar-refractivity contribution in [3.05, 3.63) is 28.5 Å². The molecule has 0 aliphatic heterocycles. The van der Waals surface area contributed by atoms with Gasteiger partial charge in [0.25, 0.3) is 5.91 Å². The highest BCUT2D eigenvalue weighted by Crippen LogP contribution is 2.21. The van der Waals surface area contributed by atoms with E-state index in [0.717, 1.165) is 10.6 Å². The Morgan fingerprint density at radius 1 is 1.50 bits per heavy atom. The van der Waals surface area contributed by atoms with E-state index in [0.29, 0.717) is 10.7 Å². The van der Waals surface area contributed by atoms with Crippen molar-refractivity contribution in [3.8, 4) is 0 Å². The van der Waals surface area contributed by atoms with Crippen LogP contribution in [0.4, 0.5) is 5.13 Å². The molecule has 2 aromatic heterocycles. The quantitative estimate of drug-likeness (QED) is 0.864. The van der Waals surface area contributed by atoms with Crippen molar-refractivity contribution in [1.82, 2.24) is 14.8 Å². The molecule has 84 valence electrons. The van der Waals surface area contributed by atoms with Crippen LogP contribution >= 0.6 is 11.3 Å². The van der Waals surface area contributed by atoms with Crippen LogP contribution in [0.5, 0.6) is 0 Å². The fraction of sp³-hybridized carbons (Fsp3) is 0.300. The van der Waals surface area contributed by atoms with Gasteiger partial charge in [0.05, 0.1) is 17.5 Å². The second kappa shape index (κ2) is 4.05. The lowest BCUT2D eigenvalue weighted by Crippen LogP contribution is -2.10. The highest BCUT2D eigenvalue weighted by molar-refractivity contribution is 7.15. The number of aryl methyl sites for hydroxylation is 3. The molecule has 0 radical (unpaired) electrons. The smallest absolute Gasteiger partial charge is 0.260 e. The number of anilines is 1. The number of amides is 1. The van der Waals surface area contributed by atoms with Gasteiger partial charge in [0.15, 0.2) is 5.13 Å². The van der Waals surface area contributed by atoms with Crippen LogP contribution in [-0.4, -0.2) is 20.7 Å². The molecule has 0 fully saturated rings. The highest BCUT2D eigenvalue weighted by Gasteiger charge is 2.11. The summed E-state index contributed by atoms with van der Waals surface area (Å²) in [6.07, 6.45) is 3.20. The number of nitrogens with zero attached hydrogens (tertiary/aromatic N) is 3. The predicted molar refractivity (Wildman–Crippen MR) is 62.7 cm³/mol. The number of nitrogens with one attached hydrogen (secondary N) is 1. The molecule has 2 heterocycles. The maximum atomic E-state index is 11.8. The Morgan fingerprint density at radius 2 is 2.25 bits per heavy atom. The van der Waals surface area contributed by atoms with Crippen molar-refractivity contribution in [2.24, 2.45) is 7.05 Å². The topological polar surface area (TPSA) is 59.8 Å². The van der Waals surface area contributed by atoms with Gasteiger partial charge >= 0.3 is 0 Å². The van der Waals surface area contributed by atoms with E-state index in [1.54, 1.807) is 17.9 Å².